The number of imidazole rings is 1. The standard InChI is InChI=1S/C23H25F6N7O2S/c1-3-30-8-13-6-15(24)21(16(25)7-13)35-11-19(32-12-35)20-14(23(27,28)29)9-31-22(34-20)33-18-4-5-36(10-17(18)26)39(2,37)38/h6-7,9,11-12,17-18,30H,3-5,8,10H2,1-2H3,(H,31,33,34)/t17-,18-/m1/s1. The van der Waals surface area contributed by atoms with E-state index in [1.165, 1.54) is 0 Å². The van der Waals surface area contributed by atoms with Crippen molar-refractivity contribution < 1.29 is 34.8 Å². The van der Waals surface area contributed by atoms with Crippen molar-refractivity contribution in [2.24, 2.45) is 0 Å². The van der Waals surface area contributed by atoms with Gasteiger partial charge in [-0.15, -0.1) is 0 Å². The van der Waals surface area contributed by atoms with E-state index in [1.54, 1.807) is 0 Å². The molecule has 0 amide bonds. The van der Waals surface area contributed by atoms with Crippen LogP contribution >= 0.6 is 0 Å². The molecule has 1 fully saturated rings. The van der Waals surface area contributed by atoms with Gasteiger partial charge in [-0.2, -0.15) is 17.5 Å². The molecule has 3 heterocycles. The molecule has 3 aromatic rings. The molecule has 0 unspecified atom stereocenters. The molecule has 2 aromatic heterocycles. The summed E-state index contributed by atoms with van der Waals surface area (Å²) in [5.74, 6) is -2.23. The van der Waals surface area contributed by atoms with Crippen LogP contribution in [0.15, 0.2) is 30.9 Å². The average Bonchev–Trinajstić information content (AvgIpc) is 3.32. The van der Waals surface area contributed by atoms with Gasteiger partial charge in [0.05, 0.1) is 12.3 Å². The van der Waals surface area contributed by atoms with Crippen LogP contribution in [0.5, 0.6) is 0 Å². The Balaban J connectivity index is 1.64. The molecule has 0 bridgehead atoms. The number of piperidine rings is 1. The van der Waals surface area contributed by atoms with Crippen LogP contribution in [0.25, 0.3) is 17.1 Å². The van der Waals surface area contributed by atoms with Crippen molar-refractivity contribution in [2.75, 3.05) is 31.2 Å². The molecule has 1 aromatic carbocycles. The molecule has 4 rings (SSSR count). The van der Waals surface area contributed by atoms with Gasteiger partial charge >= 0.3 is 6.18 Å². The zero-order valence-electron chi connectivity index (χ0n) is 20.8. The molecule has 0 radical (unpaired) electrons. The predicted molar refractivity (Wildman–Crippen MR) is 130 cm³/mol. The monoisotopic (exact) mass is 577 g/mol. The van der Waals surface area contributed by atoms with Gasteiger partial charge in [0.1, 0.15) is 35.1 Å². The molecule has 2 N–H and O–H groups in total. The Morgan fingerprint density at radius 1 is 1.15 bits per heavy atom. The maximum Gasteiger partial charge on any atom is 0.420 e. The molecule has 0 aliphatic carbocycles. The molecule has 2 atom stereocenters. The molecular formula is C23H25F6N7O2S. The van der Waals surface area contributed by atoms with Crippen LogP contribution in [0.1, 0.15) is 24.5 Å². The fourth-order valence-corrected chi connectivity index (χ4v) is 5.01. The maximum atomic E-state index is 14.8. The van der Waals surface area contributed by atoms with Crippen LogP contribution < -0.4 is 10.6 Å². The largest absolute Gasteiger partial charge is 0.420 e. The zero-order chi connectivity index (χ0) is 28.5. The maximum absolute atomic E-state index is 14.8. The Kier molecular flexibility index (Phi) is 8.18. The highest BCUT2D eigenvalue weighted by Gasteiger charge is 2.37. The molecule has 1 saturated heterocycles. The Morgan fingerprint density at radius 2 is 1.85 bits per heavy atom. The third-order valence-electron chi connectivity index (χ3n) is 6.12. The van der Waals surface area contributed by atoms with E-state index in [-0.39, 0.29) is 31.2 Å². The Labute approximate surface area is 220 Å². The lowest BCUT2D eigenvalue weighted by Gasteiger charge is -2.33. The average molecular weight is 578 g/mol. The first-order valence-corrected chi connectivity index (χ1v) is 13.7. The molecule has 1 aliphatic heterocycles. The number of hydrogen-bond donors (Lipinski definition) is 2. The van der Waals surface area contributed by atoms with Gasteiger partial charge in [0.2, 0.25) is 16.0 Å². The number of aromatic nitrogens is 4. The Bertz CT molecular complexity index is 1420. The Morgan fingerprint density at radius 3 is 2.44 bits per heavy atom. The van der Waals surface area contributed by atoms with Crippen molar-refractivity contribution in [2.45, 2.75) is 38.3 Å². The summed E-state index contributed by atoms with van der Waals surface area (Å²) in [5, 5.41) is 5.56. The Hall–Kier alpha value is -3.24. The second-order valence-corrected chi connectivity index (χ2v) is 11.0. The summed E-state index contributed by atoms with van der Waals surface area (Å²) in [6, 6.07) is 1.25. The molecule has 0 saturated carbocycles. The highest BCUT2D eigenvalue weighted by molar-refractivity contribution is 7.88. The van der Waals surface area contributed by atoms with Crippen molar-refractivity contribution in [3.05, 3.63) is 53.6 Å². The number of anilines is 1. The van der Waals surface area contributed by atoms with Crippen LogP contribution in [0.3, 0.4) is 0 Å². The number of nitrogens with one attached hydrogen (secondary N) is 2. The van der Waals surface area contributed by atoms with E-state index in [1.807, 2.05) is 6.92 Å². The van der Waals surface area contributed by atoms with E-state index in [0.29, 0.717) is 18.3 Å². The first-order valence-electron chi connectivity index (χ1n) is 11.8. The molecular weight excluding hydrogens is 552 g/mol. The number of hydrogen-bond acceptors (Lipinski definition) is 7. The van der Waals surface area contributed by atoms with Gasteiger partial charge in [-0.3, -0.25) is 0 Å². The molecule has 39 heavy (non-hydrogen) atoms. The number of rotatable bonds is 8. The van der Waals surface area contributed by atoms with Crippen molar-refractivity contribution >= 4 is 16.0 Å². The van der Waals surface area contributed by atoms with E-state index in [9.17, 15) is 34.8 Å². The number of alkyl halides is 4. The number of halogens is 6. The topological polar surface area (TPSA) is 105 Å². The van der Waals surface area contributed by atoms with E-state index >= 15 is 0 Å². The molecule has 16 heteroatoms. The molecule has 9 nitrogen and oxygen atoms in total. The first kappa shape index (κ1) is 28.8. The van der Waals surface area contributed by atoms with Crippen LogP contribution in [-0.2, 0) is 22.7 Å². The minimum atomic E-state index is -4.90. The van der Waals surface area contributed by atoms with Crippen LogP contribution in [0, 0.1) is 11.6 Å². The second kappa shape index (κ2) is 11.1. The van der Waals surface area contributed by atoms with Crippen molar-refractivity contribution in [3.8, 4) is 17.1 Å². The number of nitrogens with zero attached hydrogens (tertiary/aromatic N) is 5. The summed E-state index contributed by atoms with van der Waals surface area (Å²) < 4.78 is 111. The third-order valence-corrected chi connectivity index (χ3v) is 7.39. The van der Waals surface area contributed by atoms with Gasteiger partial charge in [0, 0.05) is 32.0 Å². The minimum Gasteiger partial charge on any atom is -0.348 e. The van der Waals surface area contributed by atoms with Gasteiger partial charge in [0.15, 0.2) is 11.6 Å². The zero-order valence-corrected chi connectivity index (χ0v) is 21.6. The van der Waals surface area contributed by atoms with Crippen molar-refractivity contribution in [3.63, 3.8) is 0 Å². The van der Waals surface area contributed by atoms with E-state index in [2.05, 4.69) is 25.6 Å². The second-order valence-electron chi connectivity index (χ2n) is 8.98. The fraction of sp³-hybridized carbons (Fsp3) is 0.435. The fourth-order valence-electron chi connectivity index (χ4n) is 4.16. The number of sulfonamides is 1. The van der Waals surface area contributed by atoms with Crippen molar-refractivity contribution in [1.82, 2.24) is 29.1 Å². The summed E-state index contributed by atoms with van der Waals surface area (Å²) >= 11 is 0. The SMILES string of the molecule is CCNCc1cc(F)c(-n2cnc(-c3nc(N[C@@H]4CCN(S(C)(=O)=O)C[C@H]4F)ncc3C(F)(F)F)c2)c(F)c1. The predicted octanol–water partition coefficient (Wildman–Crippen LogP) is 3.52. The van der Waals surface area contributed by atoms with Crippen LogP contribution in [0.2, 0.25) is 0 Å². The summed E-state index contributed by atoms with van der Waals surface area (Å²) in [4.78, 5) is 11.4. The van der Waals surface area contributed by atoms with Crippen LogP contribution in [0.4, 0.5) is 32.3 Å². The van der Waals surface area contributed by atoms with Gasteiger partial charge in [-0.05, 0) is 30.7 Å². The van der Waals surface area contributed by atoms with E-state index in [0.717, 1.165) is 39.8 Å². The van der Waals surface area contributed by atoms with Gasteiger partial charge in [0.25, 0.3) is 0 Å². The smallest absolute Gasteiger partial charge is 0.348 e. The lowest BCUT2D eigenvalue weighted by molar-refractivity contribution is -0.137. The van der Waals surface area contributed by atoms with Crippen LogP contribution in [-0.4, -0.2) is 70.3 Å². The summed E-state index contributed by atoms with van der Waals surface area (Å²) in [6.07, 6.45) is -3.16. The molecule has 0 spiro atoms. The summed E-state index contributed by atoms with van der Waals surface area (Å²) in [6.45, 7) is 2.20. The molecule has 212 valence electrons. The van der Waals surface area contributed by atoms with Gasteiger partial charge in [-0.25, -0.2) is 36.5 Å². The quantitative estimate of drug-likeness (QED) is 0.395. The van der Waals surface area contributed by atoms with E-state index < -0.39 is 63.5 Å². The van der Waals surface area contributed by atoms with Gasteiger partial charge in [-0.1, -0.05) is 6.92 Å². The highest BCUT2D eigenvalue weighted by Crippen LogP contribution is 2.36. The summed E-state index contributed by atoms with van der Waals surface area (Å²) in [7, 11) is -3.61. The van der Waals surface area contributed by atoms with Gasteiger partial charge < -0.3 is 15.2 Å². The normalized spacial score (nSPS) is 18.9. The minimum absolute atomic E-state index is 0.000751. The summed E-state index contributed by atoms with van der Waals surface area (Å²) in [5.41, 5.74) is -2.49. The molecule has 1 aliphatic rings. The third kappa shape index (κ3) is 6.50. The van der Waals surface area contributed by atoms with Crippen molar-refractivity contribution in [1.29, 1.82) is 0 Å². The lowest BCUT2D eigenvalue weighted by Crippen LogP contribution is -2.49. The lowest BCUT2D eigenvalue weighted by atomic mass is 10.1. The van der Waals surface area contributed by atoms with E-state index in [4.69, 9.17) is 0 Å². The first-order chi connectivity index (χ1) is 18.3. The highest BCUT2D eigenvalue weighted by atomic mass is 32.2. The number of benzene rings is 1.